The number of hydrogen-bond acceptors (Lipinski definition) is 2. The first-order chi connectivity index (χ1) is 6.69. The number of nitrogens with one attached hydrogen (secondary N) is 1. The Labute approximate surface area is 83.3 Å². The van der Waals surface area contributed by atoms with Crippen molar-refractivity contribution in [2.45, 2.75) is 19.4 Å². The van der Waals surface area contributed by atoms with Crippen molar-refractivity contribution in [1.29, 1.82) is 0 Å². The van der Waals surface area contributed by atoms with Gasteiger partial charge in [-0.3, -0.25) is 11.3 Å². The van der Waals surface area contributed by atoms with Crippen molar-refractivity contribution in [3.8, 4) is 12.3 Å². The summed E-state index contributed by atoms with van der Waals surface area (Å²) in [5.74, 6) is 7.64. The maximum Gasteiger partial charge on any atom is 0.126 e. The Kier molecular flexibility index (Phi) is 3.63. The van der Waals surface area contributed by atoms with E-state index in [1.54, 1.807) is 19.1 Å². The number of aryl methyl sites for hydroxylation is 1. The van der Waals surface area contributed by atoms with Crippen molar-refractivity contribution in [2.24, 2.45) is 5.84 Å². The minimum absolute atomic E-state index is 0.112. The first kappa shape index (κ1) is 10.7. The van der Waals surface area contributed by atoms with Crippen molar-refractivity contribution < 1.29 is 4.39 Å². The SMILES string of the molecule is C#CCC(NN)c1ccc(F)c(C)c1. The second-order valence-corrected chi connectivity index (χ2v) is 3.14. The molecule has 0 aromatic heterocycles. The molecular formula is C11H13FN2. The van der Waals surface area contributed by atoms with Gasteiger partial charge in [-0.25, -0.2) is 4.39 Å². The van der Waals surface area contributed by atoms with Crippen LogP contribution in [0.2, 0.25) is 0 Å². The molecule has 1 unspecified atom stereocenters. The zero-order valence-electron chi connectivity index (χ0n) is 8.05. The smallest absolute Gasteiger partial charge is 0.126 e. The van der Waals surface area contributed by atoms with Gasteiger partial charge in [0.25, 0.3) is 0 Å². The van der Waals surface area contributed by atoms with Crippen LogP contribution < -0.4 is 11.3 Å². The predicted octanol–water partition coefficient (Wildman–Crippen LogP) is 1.66. The summed E-state index contributed by atoms with van der Waals surface area (Å²) in [5.41, 5.74) is 4.10. The summed E-state index contributed by atoms with van der Waals surface area (Å²) in [7, 11) is 0. The molecule has 0 heterocycles. The van der Waals surface area contributed by atoms with E-state index in [0.29, 0.717) is 12.0 Å². The van der Waals surface area contributed by atoms with Gasteiger partial charge in [-0.15, -0.1) is 12.3 Å². The third-order valence-corrected chi connectivity index (χ3v) is 2.11. The normalized spacial score (nSPS) is 12.1. The van der Waals surface area contributed by atoms with E-state index >= 15 is 0 Å². The minimum Gasteiger partial charge on any atom is -0.271 e. The van der Waals surface area contributed by atoms with E-state index in [1.807, 2.05) is 0 Å². The maximum atomic E-state index is 13.0. The van der Waals surface area contributed by atoms with Crippen molar-refractivity contribution in [3.63, 3.8) is 0 Å². The Morgan fingerprint density at radius 2 is 2.36 bits per heavy atom. The summed E-state index contributed by atoms with van der Waals surface area (Å²) in [4.78, 5) is 0. The second-order valence-electron chi connectivity index (χ2n) is 3.14. The van der Waals surface area contributed by atoms with E-state index in [0.717, 1.165) is 5.56 Å². The average Bonchev–Trinajstić information content (AvgIpc) is 2.19. The molecule has 0 aliphatic heterocycles. The molecule has 3 N–H and O–H groups in total. The van der Waals surface area contributed by atoms with E-state index in [9.17, 15) is 4.39 Å². The fourth-order valence-corrected chi connectivity index (χ4v) is 1.28. The number of hydrogen-bond donors (Lipinski definition) is 2. The fraction of sp³-hybridized carbons (Fsp3) is 0.273. The molecule has 0 fully saturated rings. The van der Waals surface area contributed by atoms with Crippen molar-refractivity contribution in [1.82, 2.24) is 5.43 Å². The largest absolute Gasteiger partial charge is 0.271 e. The molecule has 1 aromatic carbocycles. The summed E-state index contributed by atoms with van der Waals surface area (Å²) >= 11 is 0. The lowest BCUT2D eigenvalue weighted by Gasteiger charge is -2.13. The Bertz CT molecular complexity index is 355. The summed E-state index contributed by atoms with van der Waals surface area (Å²) in [5, 5.41) is 0. The topological polar surface area (TPSA) is 38.0 Å². The zero-order valence-corrected chi connectivity index (χ0v) is 8.05. The number of rotatable bonds is 3. The lowest BCUT2D eigenvalue weighted by Crippen LogP contribution is -2.27. The third kappa shape index (κ3) is 2.32. The molecule has 0 radical (unpaired) electrons. The Hall–Kier alpha value is -1.37. The molecule has 0 spiro atoms. The van der Waals surface area contributed by atoms with Crippen molar-refractivity contribution >= 4 is 0 Å². The Morgan fingerprint density at radius 3 is 2.86 bits per heavy atom. The van der Waals surface area contributed by atoms with E-state index in [2.05, 4.69) is 11.3 Å². The lowest BCUT2D eigenvalue weighted by atomic mass is 10.0. The van der Waals surface area contributed by atoms with E-state index in [-0.39, 0.29) is 11.9 Å². The standard InChI is InChI=1S/C11H13FN2/c1-3-4-11(14-13)9-5-6-10(12)8(2)7-9/h1,5-7,11,14H,4,13H2,2H3. The summed E-state index contributed by atoms with van der Waals surface area (Å²) in [6.45, 7) is 1.71. The summed E-state index contributed by atoms with van der Waals surface area (Å²) in [6.07, 6.45) is 5.68. The van der Waals surface area contributed by atoms with Crippen LogP contribution in [0, 0.1) is 25.1 Å². The van der Waals surface area contributed by atoms with Crippen LogP contribution in [0.25, 0.3) is 0 Å². The van der Waals surface area contributed by atoms with Crippen LogP contribution >= 0.6 is 0 Å². The quantitative estimate of drug-likeness (QED) is 0.434. The third-order valence-electron chi connectivity index (χ3n) is 2.11. The second kappa shape index (κ2) is 4.75. The molecule has 0 aliphatic carbocycles. The lowest BCUT2D eigenvalue weighted by molar-refractivity contribution is 0.563. The van der Waals surface area contributed by atoms with Gasteiger partial charge in [0.2, 0.25) is 0 Å². The number of benzene rings is 1. The molecule has 1 aromatic rings. The van der Waals surface area contributed by atoms with Gasteiger partial charge in [-0.1, -0.05) is 12.1 Å². The van der Waals surface area contributed by atoms with E-state index in [4.69, 9.17) is 12.3 Å². The molecule has 1 rings (SSSR count). The van der Waals surface area contributed by atoms with Crippen LogP contribution in [0.15, 0.2) is 18.2 Å². The molecule has 0 bridgehead atoms. The number of terminal acetylenes is 1. The number of nitrogens with two attached hydrogens (primary N) is 1. The maximum absolute atomic E-state index is 13.0. The van der Waals surface area contributed by atoms with Crippen LogP contribution in [0.3, 0.4) is 0 Å². The summed E-state index contributed by atoms with van der Waals surface area (Å²) in [6, 6.07) is 4.74. The van der Waals surface area contributed by atoms with Crippen molar-refractivity contribution in [2.75, 3.05) is 0 Å². The molecule has 1 atom stereocenters. The first-order valence-electron chi connectivity index (χ1n) is 4.34. The number of halogens is 1. The van der Waals surface area contributed by atoms with Gasteiger partial charge in [0, 0.05) is 6.42 Å². The van der Waals surface area contributed by atoms with Gasteiger partial charge in [-0.2, -0.15) is 0 Å². The van der Waals surface area contributed by atoms with Crippen LogP contribution in [0.4, 0.5) is 4.39 Å². The van der Waals surface area contributed by atoms with Gasteiger partial charge in [0.05, 0.1) is 6.04 Å². The molecule has 0 aliphatic rings. The summed E-state index contributed by atoms with van der Waals surface area (Å²) < 4.78 is 13.0. The molecule has 2 nitrogen and oxygen atoms in total. The highest BCUT2D eigenvalue weighted by Crippen LogP contribution is 2.18. The molecule has 0 amide bonds. The molecule has 14 heavy (non-hydrogen) atoms. The molecule has 3 heteroatoms. The van der Waals surface area contributed by atoms with Crippen LogP contribution in [0.5, 0.6) is 0 Å². The molecule has 74 valence electrons. The van der Waals surface area contributed by atoms with Gasteiger partial charge in [-0.05, 0) is 24.1 Å². The van der Waals surface area contributed by atoms with E-state index in [1.165, 1.54) is 6.07 Å². The Morgan fingerprint density at radius 1 is 1.64 bits per heavy atom. The van der Waals surface area contributed by atoms with Gasteiger partial charge < -0.3 is 0 Å². The average molecular weight is 192 g/mol. The highest BCUT2D eigenvalue weighted by atomic mass is 19.1. The van der Waals surface area contributed by atoms with Crippen LogP contribution in [0.1, 0.15) is 23.6 Å². The van der Waals surface area contributed by atoms with Crippen molar-refractivity contribution in [3.05, 3.63) is 35.1 Å². The van der Waals surface area contributed by atoms with Crippen LogP contribution in [-0.4, -0.2) is 0 Å². The van der Waals surface area contributed by atoms with Crippen LogP contribution in [-0.2, 0) is 0 Å². The minimum atomic E-state index is -0.217. The van der Waals surface area contributed by atoms with Gasteiger partial charge in [0.15, 0.2) is 0 Å². The van der Waals surface area contributed by atoms with Gasteiger partial charge in [0.1, 0.15) is 5.82 Å². The number of hydrazine groups is 1. The predicted molar refractivity (Wildman–Crippen MR) is 54.7 cm³/mol. The zero-order chi connectivity index (χ0) is 10.6. The highest BCUT2D eigenvalue weighted by Gasteiger charge is 2.09. The molecule has 0 saturated carbocycles. The monoisotopic (exact) mass is 192 g/mol. The molecule has 0 saturated heterocycles. The van der Waals surface area contributed by atoms with E-state index < -0.39 is 0 Å². The highest BCUT2D eigenvalue weighted by molar-refractivity contribution is 5.27. The van der Waals surface area contributed by atoms with Gasteiger partial charge >= 0.3 is 0 Å². The molecular weight excluding hydrogens is 179 g/mol. The first-order valence-corrected chi connectivity index (χ1v) is 4.34. The Balaban J connectivity index is 2.95. The fourth-order valence-electron chi connectivity index (χ4n) is 1.28.